The number of benzene rings is 2. The number of nitrogens with zero attached hydrogens (tertiary/aromatic N) is 6. The van der Waals surface area contributed by atoms with Crippen LogP contribution in [0.15, 0.2) is 42.5 Å². The normalized spacial score (nSPS) is 21.6. The van der Waals surface area contributed by atoms with Crippen LogP contribution in [0.1, 0.15) is 29.9 Å². The summed E-state index contributed by atoms with van der Waals surface area (Å²) in [4.78, 5) is 4.15. The van der Waals surface area contributed by atoms with Crippen molar-refractivity contribution >= 4 is 5.69 Å². The average Bonchev–Trinajstić information content (AvgIpc) is 3.52. The van der Waals surface area contributed by atoms with Gasteiger partial charge < -0.3 is 9.64 Å². The fraction of sp³-hybridized carbons (Fsp3) is 0.458. The molecular weight excluding hydrogens is 483 g/mol. The molecule has 2 atom stereocenters. The van der Waals surface area contributed by atoms with Gasteiger partial charge in [-0.25, -0.2) is 13.5 Å². The molecule has 5 rings (SSSR count). The summed E-state index contributed by atoms with van der Waals surface area (Å²) in [6, 6.07) is 8.40. The van der Waals surface area contributed by atoms with Crippen LogP contribution in [0.25, 0.3) is 0 Å². The van der Waals surface area contributed by atoms with Crippen molar-refractivity contribution in [1.29, 1.82) is 0 Å². The number of epoxide rings is 1. The molecule has 0 N–H and O–H groups in total. The Morgan fingerprint density at radius 2 is 1.81 bits per heavy atom. The molecule has 0 saturated carbocycles. The van der Waals surface area contributed by atoms with Crippen molar-refractivity contribution in [3.05, 3.63) is 71.1 Å². The van der Waals surface area contributed by atoms with Crippen molar-refractivity contribution in [2.24, 2.45) is 0 Å². The third kappa shape index (κ3) is 4.79. The molecule has 2 fully saturated rings. The Balaban J connectivity index is 1.20. The fourth-order valence-electron chi connectivity index (χ4n) is 4.77. The highest BCUT2D eigenvalue weighted by molar-refractivity contribution is 5.49. The van der Waals surface area contributed by atoms with Crippen LogP contribution >= 0.6 is 0 Å². The Labute approximate surface area is 204 Å². The summed E-state index contributed by atoms with van der Waals surface area (Å²) in [5.41, 5.74) is -0.784. The third-order valence-electron chi connectivity index (χ3n) is 7.01. The van der Waals surface area contributed by atoms with E-state index in [1.54, 1.807) is 10.7 Å². The van der Waals surface area contributed by atoms with Gasteiger partial charge in [0.15, 0.2) is 5.82 Å². The van der Waals surface area contributed by atoms with Gasteiger partial charge in [0.1, 0.15) is 17.2 Å². The highest BCUT2D eigenvalue weighted by atomic mass is 19.4. The van der Waals surface area contributed by atoms with E-state index in [0.717, 1.165) is 12.1 Å². The molecule has 7 nitrogen and oxygen atoms in total. The van der Waals surface area contributed by atoms with Gasteiger partial charge in [-0.1, -0.05) is 12.1 Å². The second-order valence-electron chi connectivity index (χ2n) is 9.14. The lowest BCUT2D eigenvalue weighted by molar-refractivity contribution is -0.137. The minimum atomic E-state index is -4.37. The summed E-state index contributed by atoms with van der Waals surface area (Å²) in [5, 5.41) is 12.0. The van der Waals surface area contributed by atoms with E-state index in [2.05, 4.69) is 20.4 Å². The van der Waals surface area contributed by atoms with Gasteiger partial charge in [0, 0.05) is 56.5 Å². The first-order valence-corrected chi connectivity index (χ1v) is 11.7. The van der Waals surface area contributed by atoms with E-state index >= 15 is 0 Å². The Morgan fingerprint density at radius 1 is 1.06 bits per heavy atom. The van der Waals surface area contributed by atoms with Gasteiger partial charge in [-0.3, -0.25) is 4.90 Å². The second-order valence-corrected chi connectivity index (χ2v) is 9.14. The van der Waals surface area contributed by atoms with Crippen LogP contribution in [0.5, 0.6) is 0 Å². The van der Waals surface area contributed by atoms with Crippen molar-refractivity contribution in [3.8, 4) is 0 Å². The number of ether oxygens (including phenoxy) is 1. The molecule has 1 aromatic heterocycles. The van der Waals surface area contributed by atoms with Crippen molar-refractivity contribution in [2.75, 3.05) is 44.2 Å². The van der Waals surface area contributed by atoms with Crippen molar-refractivity contribution in [2.45, 2.75) is 31.2 Å². The number of tetrazole rings is 1. The van der Waals surface area contributed by atoms with E-state index in [-0.39, 0.29) is 12.2 Å². The monoisotopic (exact) mass is 508 g/mol. The SMILES string of the molecule is CC(n1nnnc1CCN1CCN(c2cccc(C(F)(F)F)c2)CC1)C1(c2ccc(F)cc2F)CO1. The Hall–Kier alpha value is -3.12. The molecular formula is C24H25F5N6O. The molecule has 3 heterocycles. The molecule has 0 bridgehead atoms. The standard InChI is InChI=1S/C24H25F5N6O/c1-16(23(15-36-23)20-6-5-18(25)14-21(20)26)35-22(30-31-32-35)7-8-33-9-11-34(12-10-33)19-4-2-3-17(13-19)24(27,28)29/h2-6,13-14,16H,7-12,15H2,1H3. The van der Waals surface area contributed by atoms with Crippen molar-refractivity contribution in [1.82, 2.24) is 25.1 Å². The van der Waals surface area contributed by atoms with Crippen molar-refractivity contribution in [3.63, 3.8) is 0 Å². The zero-order valence-corrected chi connectivity index (χ0v) is 19.5. The predicted octanol–water partition coefficient (Wildman–Crippen LogP) is 3.82. The number of hydrogen-bond acceptors (Lipinski definition) is 6. The number of halogens is 5. The molecule has 3 aromatic rings. The van der Waals surface area contributed by atoms with Crippen LogP contribution in [0, 0.1) is 11.6 Å². The van der Waals surface area contributed by atoms with Gasteiger partial charge in [-0.05, 0) is 41.6 Å². The maximum Gasteiger partial charge on any atom is 0.416 e. The number of hydrogen-bond donors (Lipinski definition) is 0. The predicted molar refractivity (Wildman–Crippen MR) is 120 cm³/mol. The van der Waals surface area contributed by atoms with E-state index in [0.29, 0.717) is 50.7 Å². The maximum absolute atomic E-state index is 14.5. The molecule has 0 aliphatic carbocycles. The van der Waals surface area contributed by atoms with Crippen LogP contribution in [0.3, 0.4) is 0 Å². The van der Waals surface area contributed by atoms with E-state index in [9.17, 15) is 22.0 Å². The summed E-state index contributed by atoms with van der Waals surface area (Å²) in [7, 11) is 0. The number of aromatic nitrogens is 4. The number of alkyl halides is 3. The molecule has 0 amide bonds. The number of rotatable bonds is 7. The third-order valence-corrected chi connectivity index (χ3v) is 7.01. The van der Waals surface area contributed by atoms with Gasteiger partial charge in [-0.15, -0.1) is 5.10 Å². The Morgan fingerprint density at radius 3 is 2.47 bits per heavy atom. The van der Waals surface area contributed by atoms with Crippen LogP contribution in [-0.2, 0) is 22.9 Å². The summed E-state index contributed by atoms with van der Waals surface area (Å²) in [6.07, 6.45) is -3.84. The minimum absolute atomic E-state index is 0.267. The molecule has 36 heavy (non-hydrogen) atoms. The molecule has 0 radical (unpaired) electrons. The van der Waals surface area contributed by atoms with E-state index < -0.39 is 35.0 Å². The van der Waals surface area contributed by atoms with Gasteiger partial charge in [-0.2, -0.15) is 13.2 Å². The largest absolute Gasteiger partial charge is 0.416 e. The minimum Gasteiger partial charge on any atom is -0.369 e. The van der Waals surface area contributed by atoms with Crippen LogP contribution in [0.4, 0.5) is 27.6 Å². The smallest absolute Gasteiger partial charge is 0.369 e. The first-order valence-electron chi connectivity index (χ1n) is 11.7. The highest BCUT2D eigenvalue weighted by Crippen LogP contribution is 2.48. The van der Waals surface area contributed by atoms with Crippen LogP contribution in [-0.4, -0.2) is 64.4 Å². The van der Waals surface area contributed by atoms with Crippen molar-refractivity contribution < 1.29 is 26.7 Å². The first-order chi connectivity index (χ1) is 17.2. The summed E-state index contributed by atoms with van der Waals surface area (Å²) >= 11 is 0. The van der Waals surface area contributed by atoms with Gasteiger partial charge in [0.25, 0.3) is 0 Å². The van der Waals surface area contributed by atoms with Gasteiger partial charge in [0.05, 0.1) is 18.2 Å². The lowest BCUT2D eigenvalue weighted by atomic mass is 9.92. The Kier molecular flexibility index (Phi) is 6.41. The molecule has 192 valence electrons. The zero-order valence-electron chi connectivity index (χ0n) is 19.5. The van der Waals surface area contributed by atoms with E-state index in [1.807, 2.05) is 11.8 Å². The first kappa shape index (κ1) is 24.6. The molecule has 12 heteroatoms. The Bertz CT molecular complexity index is 1220. The van der Waals surface area contributed by atoms with Crippen LogP contribution < -0.4 is 4.90 Å². The number of anilines is 1. The molecule has 2 aromatic carbocycles. The molecule has 2 aliphatic heterocycles. The molecule has 2 saturated heterocycles. The maximum atomic E-state index is 14.5. The fourth-order valence-corrected chi connectivity index (χ4v) is 4.77. The summed E-state index contributed by atoms with van der Waals surface area (Å²) in [5.74, 6) is -0.719. The molecule has 0 spiro atoms. The topological polar surface area (TPSA) is 62.6 Å². The number of piperazine rings is 1. The quantitative estimate of drug-likeness (QED) is 0.357. The molecule has 2 unspecified atom stereocenters. The molecule has 2 aliphatic rings. The summed E-state index contributed by atoms with van der Waals surface area (Å²) < 4.78 is 74.3. The van der Waals surface area contributed by atoms with E-state index in [4.69, 9.17) is 4.74 Å². The van der Waals surface area contributed by atoms with Crippen LogP contribution in [0.2, 0.25) is 0 Å². The van der Waals surface area contributed by atoms with E-state index in [1.165, 1.54) is 24.3 Å². The van der Waals surface area contributed by atoms with Gasteiger partial charge >= 0.3 is 6.18 Å². The summed E-state index contributed by atoms with van der Waals surface area (Å²) in [6.45, 7) is 5.33. The van der Waals surface area contributed by atoms with Gasteiger partial charge in [0.2, 0.25) is 0 Å². The average molecular weight is 508 g/mol. The lowest BCUT2D eigenvalue weighted by Crippen LogP contribution is -2.47. The second kappa shape index (κ2) is 9.40. The highest BCUT2D eigenvalue weighted by Gasteiger charge is 2.54. The lowest BCUT2D eigenvalue weighted by Gasteiger charge is -2.36. The zero-order chi connectivity index (χ0) is 25.5.